The van der Waals surface area contributed by atoms with Crippen molar-refractivity contribution in [2.24, 2.45) is 0 Å². The zero-order valence-corrected chi connectivity index (χ0v) is 14.6. The van der Waals surface area contributed by atoms with Crippen molar-refractivity contribution in [3.8, 4) is 0 Å². The molecule has 0 amide bonds. The lowest BCUT2D eigenvalue weighted by atomic mass is 10.1. The molecular formula is C19H38N2. The second-order valence-electron chi connectivity index (χ2n) is 6.61. The average Bonchev–Trinajstić information content (AvgIpc) is 2.97. The highest BCUT2D eigenvalue weighted by Crippen LogP contribution is 2.10. The summed E-state index contributed by atoms with van der Waals surface area (Å²) in [4.78, 5) is 1.94. The summed E-state index contributed by atoms with van der Waals surface area (Å²) in [7, 11) is 0. The van der Waals surface area contributed by atoms with Crippen LogP contribution < -0.4 is 4.90 Å². The van der Waals surface area contributed by atoms with Crippen LogP contribution in [0.15, 0.2) is 0 Å². The topological polar surface area (TPSA) is 28.2 Å². The predicted octanol–water partition coefficient (Wildman–Crippen LogP) is 4.46. The quantitative estimate of drug-likeness (QED) is 0.418. The smallest absolute Gasteiger partial charge is 0.0876 e. The highest BCUT2D eigenvalue weighted by molar-refractivity contribution is 4.62. The number of nitrogens with zero attached hydrogens (tertiary/aromatic N) is 1. The Morgan fingerprint density at radius 3 is 2.05 bits per heavy atom. The molecule has 1 N–H and O–H groups in total. The lowest BCUT2D eigenvalue weighted by molar-refractivity contribution is -0.912. The SMILES string of the molecule is CCCCCCCCCC[NH+]1CCCC1CCCC.[C-]#N. The summed E-state index contributed by atoms with van der Waals surface area (Å²) >= 11 is 0. The Hall–Kier alpha value is -0.550. The van der Waals surface area contributed by atoms with Crippen molar-refractivity contribution in [3.05, 3.63) is 6.57 Å². The van der Waals surface area contributed by atoms with Crippen molar-refractivity contribution >= 4 is 0 Å². The van der Waals surface area contributed by atoms with E-state index in [-0.39, 0.29) is 0 Å². The molecule has 1 aliphatic rings. The largest absolute Gasteiger partial charge is 0.512 e. The van der Waals surface area contributed by atoms with Gasteiger partial charge in [-0.2, -0.15) is 0 Å². The first-order chi connectivity index (χ1) is 10.4. The molecule has 0 aromatic rings. The molecule has 2 heteroatoms. The van der Waals surface area contributed by atoms with Gasteiger partial charge in [0.15, 0.2) is 0 Å². The van der Waals surface area contributed by atoms with Gasteiger partial charge in [-0.1, -0.05) is 58.8 Å². The number of nitrogens with one attached hydrogen (secondary N) is 1. The minimum atomic E-state index is 1.02. The molecule has 1 rings (SSSR count). The predicted molar refractivity (Wildman–Crippen MR) is 90.8 cm³/mol. The van der Waals surface area contributed by atoms with Gasteiger partial charge in [0.05, 0.1) is 19.1 Å². The fourth-order valence-corrected chi connectivity index (χ4v) is 3.60. The van der Waals surface area contributed by atoms with Crippen LogP contribution in [0.4, 0.5) is 0 Å². The molecule has 1 fully saturated rings. The molecular weight excluding hydrogens is 256 g/mol. The molecule has 0 bridgehead atoms. The number of hydrogen-bond donors (Lipinski definition) is 1. The van der Waals surface area contributed by atoms with Gasteiger partial charge >= 0.3 is 0 Å². The molecule has 1 aliphatic heterocycles. The first-order valence-corrected chi connectivity index (χ1v) is 9.45. The van der Waals surface area contributed by atoms with Gasteiger partial charge < -0.3 is 16.7 Å². The van der Waals surface area contributed by atoms with Crippen LogP contribution in [0.3, 0.4) is 0 Å². The normalized spacial score (nSPS) is 21.0. The van der Waals surface area contributed by atoms with Crippen molar-refractivity contribution in [1.82, 2.24) is 0 Å². The van der Waals surface area contributed by atoms with E-state index in [0.29, 0.717) is 0 Å². The molecule has 1 heterocycles. The lowest BCUT2D eigenvalue weighted by Crippen LogP contribution is -3.13. The Balaban J connectivity index is 0.00000191. The summed E-state index contributed by atoms with van der Waals surface area (Å²) in [6.45, 7) is 12.3. The van der Waals surface area contributed by atoms with E-state index in [1.54, 1.807) is 0 Å². The number of hydrogen-bond acceptors (Lipinski definition) is 1. The first kappa shape index (κ1) is 20.5. The molecule has 0 aromatic heterocycles. The lowest BCUT2D eigenvalue weighted by Gasteiger charge is -2.21. The maximum atomic E-state index is 6.25. The zero-order valence-electron chi connectivity index (χ0n) is 14.6. The second kappa shape index (κ2) is 15.8. The van der Waals surface area contributed by atoms with E-state index < -0.39 is 0 Å². The van der Waals surface area contributed by atoms with Gasteiger partial charge in [0.2, 0.25) is 0 Å². The van der Waals surface area contributed by atoms with E-state index >= 15 is 0 Å². The molecule has 0 aromatic carbocycles. The maximum Gasteiger partial charge on any atom is 0.0876 e. The Bertz CT molecular complexity index is 225. The van der Waals surface area contributed by atoms with Gasteiger partial charge in [0.25, 0.3) is 0 Å². The van der Waals surface area contributed by atoms with Gasteiger partial charge in [-0.3, -0.25) is 0 Å². The second-order valence-corrected chi connectivity index (χ2v) is 6.61. The zero-order chi connectivity index (χ0) is 15.8. The number of unbranched alkanes of at least 4 members (excludes halogenated alkanes) is 8. The molecule has 1 saturated heterocycles. The van der Waals surface area contributed by atoms with Gasteiger partial charge in [-0.05, 0) is 25.7 Å². The van der Waals surface area contributed by atoms with E-state index in [9.17, 15) is 0 Å². The third kappa shape index (κ3) is 10.8. The summed E-state index contributed by atoms with van der Waals surface area (Å²) in [5.74, 6) is 0. The molecule has 2 atom stereocenters. The van der Waals surface area contributed by atoms with Crippen LogP contribution in [0, 0.1) is 11.8 Å². The highest BCUT2D eigenvalue weighted by Gasteiger charge is 2.26. The highest BCUT2D eigenvalue weighted by atomic mass is 15.2. The van der Waals surface area contributed by atoms with Crippen molar-refractivity contribution < 1.29 is 4.90 Å². The van der Waals surface area contributed by atoms with Crippen LogP contribution in [-0.2, 0) is 0 Å². The standard InChI is InChI=1S/C18H37N.CN/c1-3-5-7-8-9-10-11-12-16-19-17-13-15-18(19)14-6-4-2;1-2/h18H,3-17H2,1-2H3;/q;-1/p+1. The minimum Gasteiger partial charge on any atom is -0.512 e. The summed E-state index contributed by atoms with van der Waals surface area (Å²) < 4.78 is 0. The van der Waals surface area contributed by atoms with Crippen LogP contribution >= 0.6 is 0 Å². The Morgan fingerprint density at radius 1 is 0.857 bits per heavy atom. The maximum absolute atomic E-state index is 6.25. The average molecular weight is 295 g/mol. The first-order valence-electron chi connectivity index (χ1n) is 9.45. The van der Waals surface area contributed by atoms with Crippen molar-refractivity contribution in [1.29, 1.82) is 5.26 Å². The van der Waals surface area contributed by atoms with Crippen LogP contribution in [0.1, 0.15) is 97.3 Å². The molecule has 124 valence electrons. The van der Waals surface area contributed by atoms with Crippen LogP contribution in [-0.4, -0.2) is 19.1 Å². The van der Waals surface area contributed by atoms with E-state index in [4.69, 9.17) is 11.8 Å². The summed E-state index contributed by atoms with van der Waals surface area (Å²) in [6.07, 6.45) is 19.0. The van der Waals surface area contributed by atoms with Gasteiger partial charge in [-0.15, -0.1) is 0 Å². The van der Waals surface area contributed by atoms with Crippen LogP contribution in [0.25, 0.3) is 0 Å². The summed E-state index contributed by atoms with van der Waals surface area (Å²) in [6, 6.07) is 1.02. The summed E-state index contributed by atoms with van der Waals surface area (Å²) in [5, 5.41) is 6.25. The van der Waals surface area contributed by atoms with Crippen molar-refractivity contribution in [2.75, 3.05) is 13.1 Å². The van der Waals surface area contributed by atoms with Crippen LogP contribution in [0.5, 0.6) is 0 Å². The third-order valence-corrected chi connectivity index (χ3v) is 4.89. The number of quaternary nitrogens is 1. The Morgan fingerprint density at radius 2 is 1.43 bits per heavy atom. The monoisotopic (exact) mass is 294 g/mol. The molecule has 2 unspecified atom stereocenters. The fourth-order valence-electron chi connectivity index (χ4n) is 3.60. The Labute approximate surface area is 133 Å². The Kier molecular flexibility index (Phi) is 15.4. The van der Waals surface area contributed by atoms with E-state index in [1.807, 2.05) is 4.90 Å². The summed E-state index contributed by atoms with van der Waals surface area (Å²) in [5.41, 5.74) is 0. The van der Waals surface area contributed by atoms with E-state index in [2.05, 4.69) is 13.8 Å². The van der Waals surface area contributed by atoms with E-state index in [1.165, 1.54) is 96.6 Å². The minimum absolute atomic E-state index is 1.02. The molecule has 21 heavy (non-hydrogen) atoms. The third-order valence-electron chi connectivity index (χ3n) is 4.89. The van der Waals surface area contributed by atoms with E-state index in [0.717, 1.165) is 6.04 Å². The number of rotatable bonds is 12. The van der Waals surface area contributed by atoms with Gasteiger partial charge in [0, 0.05) is 12.8 Å². The van der Waals surface area contributed by atoms with Crippen LogP contribution in [0.2, 0.25) is 0 Å². The molecule has 0 aliphatic carbocycles. The molecule has 0 saturated carbocycles. The van der Waals surface area contributed by atoms with Gasteiger partial charge in [0.1, 0.15) is 0 Å². The van der Waals surface area contributed by atoms with Crippen molar-refractivity contribution in [2.45, 2.75) is 103 Å². The number of likely N-dealkylation sites (tertiary alicyclic amines) is 1. The van der Waals surface area contributed by atoms with Crippen molar-refractivity contribution in [3.63, 3.8) is 0 Å². The molecule has 0 spiro atoms. The molecule has 0 radical (unpaired) electrons. The van der Waals surface area contributed by atoms with Gasteiger partial charge in [-0.25, -0.2) is 0 Å². The fraction of sp³-hybridized carbons (Fsp3) is 0.947. The molecule has 2 nitrogen and oxygen atoms in total.